The molecule has 1 aromatic carbocycles. The Morgan fingerprint density at radius 3 is 2.59 bits per heavy atom. The van der Waals surface area contributed by atoms with E-state index in [0.29, 0.717) is 23.8 Å². The second-order valence-electron chi connectivity index (χ2n) is 5.46. The van der Waals surface area contributed by atoms with Gasteiger partial charge in [0.05, 0.1) is 6.42 Å². The first-order valence-electron chi connectivity index (χ1n) is 7.16. The van der Waals surface area contributed by atoms with Crippen molar-refractivity contribution in [3.05, 3.63) is 29.3 Å². The number of carbonyl (C=O) groups is 2. The third-order valence-corrected chi connectivity index (χ3v) is 3.99. The van der Waals surface area contributed by atoms with Crippen molar-refractivity contribution in [1.29, 1.82) is 0 Å². The zero-order chi connectivity index (χ0) is 16.1. The lowest BCUT2D eigenvalue weighted by Gasteiger charge is -2.35. The number of carboxylic acids is 1. The van der Waals surface area contributed by atoms with Gasteiger partial charge >= 0.3 is 5.97 Å². The minimum absolute atomic E-state index is 0.0778. The Bertz CT molecular complexity index is 545. The van der Waals surface area contributed by atoms with Gasteiger partial charge < -0.3 is 15.3 Å². The molecule has 7 heteroatoms. The Balaban J connectivity index is 1.95. The average Bonchev–Trinajstić information content (AvgIpc) is 2.45. The van der Waals surface area contributed by atoms with Crippen molar-refractivity contribution in [2.75, 3.05) is 38.5 Å². The zero-order valence-electron chi connectivity index (χ0n) is 12.5. The topological polar surface area (TPSA) is 72.9 Å². The molecule has 2 N–H and O–H groups in total. The molecule has 1 fully saturated rings. The Kier molecular flexibility index (Phi) is 5.76. The molecule has 22 heavy (non-hydrogen) atoms. The lowest BCUT2D eigenvalue weighted by Crippen LogP contribution is -2.52. The first-order chi connectivity index (χ1) is 10.5. The molecule has 0 spiro atoms. The summed E-state index contributed by atoms with van der Waals surface area (Å²) in [7, 11) is 2.00. The van der Waals surface area contributed by atoms with Crippen LogP contribution < -0.4 is 5.32 Å². The maximum atomic E-state index is 12.1. The Morgan fingerprint density at radius 1 is 1.32 bits per heavy atom. The van der Waals surface area contributed by atoms with Crippen LogP contribution in [0.15, 0.2) is 24.3 Å². The van der Waals surface area contributed by atoms with E-state index < -0.39 is 12.0 Å². The number of amides is 1. The smallest absolute Gasteiger partial charge is 0.321 e. The molecule has 0 bridgehead atoms. The van der Waals surface area contributed by atoms with Gasteiger partial charge in [-0.15, -0.1) is 0 Å². The molecule has 120 valence electrons. The van der Waals surface area contributed by atoms with E-state index in [1.807, 2.05) is 11.9 Å². The van der Waals surface area contributed by atoms with Crippen molar-refractivity contribution in [2.45, 2.75) is 12.5 Å². The summed E-state index contributed by atoms with van der Waals surface area (Å²) < 4.78 is 0. The van der Waals surface area contributed by atoms with Gasteiger partial charge in [-0.3, -0.25) is 14.5 Å². The Labute approximate surface area is 134 Å². The van der Waals surface area contributed by atoms with Gasteiger partial charge in [-0.2, -0.15) is 0 Å². The number of aliphatic carboxylic acids is 1. The monoisotopic (exact) mass is 325 g/mol. The maximum absolute atomic E-state index is 12.1. The SMILES string of the molecule is CN1CCN([C@H](CC(=O)Nc2cccc(Cl)c2)C(=O)O)CC1. The highest BCUT2D eigenvalue weighted by atomic mass is 35.5. The largest absolute Gasteiger partial charge is 0.480 e. The van der Waals surface area contributed by atoms with Gasteiger partial charge in [0.1, 0.15) is 6.04 Å². The van der Waals surface area contributed by atoms with Crippen LogP contribution >= 0.6 is 11.6 Å². The van der Waals surface area contributed by atoms with E-state index in [-0.39, 0.29) is 12.3 Å². The predicted octanol–water partition coefficient (Wildman–Crippen LogP) is 1.37. The van der Waals surface area contributed by atoms with Crippen LogP contribution in [0.4, 0.5) is 5.69 Å². The van der Waals surface area contributed by atoms with Crippen LogP contribution in [-0.4, -0.2) is 66.1 Å². The van der Waals surface area contributed by atoms with E-state index in [2.05, 4.69) is 10.2 Å². The molecule has 6 nitrogen and oxygen atoms in total. The van der Waals surface area contributed by atoms with E-state index in [1.165, 1.54) is 0 Å². The fourth-order valence-electron chi connectivity index (χ4n) is 2.46. The number of carboxylic acid groups (broad SMARTS) is 1. The number of benzene rings is 1. The molecule has 1 atom stereocenters. The van der Waals surface area contributed by atoms with Crippen LogP contribution in [0.3, 0.4) is 0 Å². The average molecular weight is 326 g/mol. The summed E-state index contributed by atoms with van der Waals surface area (Å²) in [6.45, 7) is 2.91. The van der Waals surface area contributed by atoms with Gasteiger partial charge in [0, 0.05) is 36.9 Å². The van der Waals surface area contributed by atoms with Gasteiger partial charge in [0.25, 0.3) is 0 Å². The molecule has 0 unspecified atom stereocenters. The summed E-state index contributed by atoms with van der Waals surface area (Å²) in [4.78, 5) is 27.5. The van der Waals surface area contributed by atoms with Gasteiger partial charge in [-0.25, -0.2) is 0 Å². The first-order valence-corrected chi connectivity index (χ1v) is 7.54. The molecule has 0 aliphatic carbocycles. The molecule has 1 heterocycles. The minimum atomic E-state index is -0.967. The summed E-state index contributed by atoms with van der Waals surface area (Å²) in [5.74, 6) is -1.29. The quantitative estimate of drug-likeness (QED) is 0.855. The number of halogens is 1. The number of likely N-dealkylation sites (N-methyl/N-ethyl adjacent to an activating group) is 1. The maximum Gasteiger partial charge on any atom is 0.321 e. The lowest BCUT2D eigenvalue weighted by atomic mass is 10.1. The van der Waals surface area contributed by atoms with Gasteiger partial charge in [0.2, 0.25) is 5.91 Å². The molecular formula is C15H20ClN3O3. The van der Waals surface area contributed by atoms with E-state index in [1.54, 1.807) is 24.3 Å². The lowest BCUT2D eigenvalue weighted by molar-refractivity contribution is -0.145. The van der Waals surface area contributed by atoms with E-state index in [4.69, 9.17) is 11.6 Å². The number of carbonyl (C=O) groups excluding carboxylic acids is 1. The van der Waals surface area contributed by atoms with Crippen molar-refractivity contribution in [3.63, 3.8) is 0 Å². The molecule has 1 saturated heterocycles. The number of hydrogen-bond donors (Lipinski definition) is 2. The van der Waals surface area contributed by atoms with Gasteiger partial charge in [-0.1, -0.05) is 17.7 Å². The highest BCUT2D eigenvalue weighted by Gasteiger charge is 2.30. The number of anilines is 1. The van der Waals surface area contributed by atoms with Crippen LogP contribution in [-0.2, 0) is 9.59 Å². The molecule has 1 amide bonds. The third-order valence-electron chi connectivity index (χ3n) is 3.75. The summed E-state index contributed by atoms with van der Waals surface area (Å²) in [6, 6.07) is 5.99. The van der Waals surface area contributed by atoms with Crippen LogP contribution in [0.2, 0.25) is 5.02 Å². The van der Waals surface area contributed by atoms with Crippen molar-refractivity contribution < 1.29 is 14.7 Å². The van der Waals surface area contributed by atoms with Crippen LogP contribution in [0.5, 0.6) is 0 Å². The van der Waals surface area contributed by atoms with Crippen LogP contribution in [0, 0.1) is 0 Å². The van der Waals surface area contributed by atoms with E-state index in [9.17, 15) is 14.7 Å². The van der Waals surface area contributed by atoms with Crippen molar-refractivity contribution >= 4 is 29.2 Å². The predicted molar refractivity (Wildman–Crippen MR) is 85.2 cm³/mol. The fourth-order valence-corrected chi connectivity index (χ4v) is 2.65. The summed E-state index contributed by atoms with van der Waals surface area (Å²) in [5, 5.41) is 12.6. The van der Waals surface area contributed by atoms with Crippen LogP contribution in [0.1, 0.15) is 6.42 Å². The molecule has 2 rings (SSSR count). The normalized spacial score (nSPS) is 17.9. The molecule has 1 aromatic rings. The second kappa shape index (κ2) is 7.58. The molecule has 1 aliphatic rings. The number of nitrogens with zero attached hydrogens (tertiary/aromatic N) is 2. The van der Waals surface area contributed by atoms with Gasteiger partial charge in [-0.05, 0) is 25.2 Å². The van der Waals surface area contributed by atoms with E-state index in [0.717, 1.165) is 13.1 Å². The third kappa shape index (κ3) is 4.69. The highest BCUT2D eigenvalue weighted by molar-refractivity contribution is 6.30. The molecular weight excluding hydrogens is 306 g/mol. The van der Waals surface area contributed by atoms with Crippen molar-refractivity contribution in [3.8, 4) is 0 Å². The number of hydrogen-bond acceptors (Lipinski definition) is 4. The summed E-state index contributed by atoms with van der Waals surface area (Å²) in [5.41, 5.74) is 0.569. The van der Waals surface area contributed by atoms with Crippen LogP contribution in [0.25, 0.3) is 0 Å². The standard InChI is InChI=1S/C15H20ClN3O3/c1-18-5-7-19(8-6-18)13(15(21)22)10-14(20)17-12-4-2-3-11(16)9-12/h2-4,9,13H,5-8,10H2,1H3,(H,17,20)(H,21,22)/t13-/m1/s1. The summed E-state index contributed by atoms with van der Waals surface area (Å²) in [6.07, 6.45) is -0.0778. The number of rotatable bonds is 5. The van der Waals surface area contributed by atoms with Crippen molar-refractivity contribution in [2.24, 2.45) is 0 Å². The highest BCUT2D eigenvalue weighted by Crippen LogP contribution is 2.16. The number of piperazine rings is 1. The molecule has 0 saturated carbocycles. The number of nitrogens with one attached hydrogen (secondary N) is 1. The Morgan fingerprint density at radius 2 is 2.00 bits per heavy atom. The van der Waals surface area contributed by atoms with Gasteiger partial charge in [0.15, 0.2) is 0 Å². The van der Waals surface area contributed by atoms with Crippen molar-refractivity contribution in [1.82, 2.24) is 9.80 Å². The zero-order valence-corrected chi connectivity index (χ0v) is 13.2. The first kappa shape index (κ1) is 16.7. The minimum Gasteiger partial charge on any atom is -0.480 e. The summed E-state index contributed by atoms with van der Waals surface area (Å²) >= 11 is 5.86. The van der Waals surface area contributed by atoms with E-state index >= 15 is 0 Å². The molecule has 0 aromatic heterocycles. The Hall–Kier alpha value is -1.63. The fraction of sp³-hybridized carbons (Fsp3) is 0.467. The molecule has 1 aliphatic heterocycles. The second-order valence-corrected chi connectivity index (χ2v) is 5.89. The molecule has 0 radical (unpaired) electrons.